The standard InChI is InChI=1S/C10H15N3O.C7H6Cl2/c1-3-8-4-11-6-10-12-5-9(7(2)14)13(8)10;1-5-2-3-6(8)4-7(5)9/h5,8,11H,3-4,6H2,1-2H3;2-4H,1H3. The first kappa shape index (κ1) is 18.0. The number of aromatic nitrogens is 2. The van der Waals surface area contributed by atoms with E-state index in [0.29, 0.717) is 11.1 Å². The van der Waals surface area contributed by atoms with E-state index in [0.717, 1.165) is 41.6 Å². The molecule has 1 aromatic carbocycles. The Morgan fingerprint density at radius 3 is 2.74 bits per heavy atom. The van der Waals surface area contributed by atoms with Crippen LogP contribution in [-0.2, 0) is 6.54 Å². The third-order valence-electron chi connectivity index (χ3n) is 3.87. The number of nitrogens with zero attached hydrogens (tertiary/aromatic N) is 2. The number of hydrogen-bond donors (Lipinski definition) is 1. The quantitative estimate of drug-likeness (QED) is 0.811. The lowest BCUT2D eigenvalue weighted by molar-refractivity contribution is 0.100. The van der Waals surface area contributed by atoms with E-state index >= 15 is 0 Å². The van der Waals surface area contributed by atoms with Crippen LogP contribution in [0, 0.1) is 6.92 Å². The fourth-order valence-corrected chi connectivity index (χ4v) is 2.94. The molecule has 1 N–H and O–H groups in total. The van der Waals surface area contributed by atoms with Crippen LogP contribution in [0.5, 0.6) is 0 Å². The van der Waals surface area contributed by atoms with Gasteiger partial charge >= 0.3 is 0 Å². The molecular weight excluding hydrogens is 333 g/mol. The van der Waals surface area contributed by atoms with Crippen molar-refractivity contribution in [1.29, 1.82) is 0 Å². The summed E-state index contributed by atoms with van der Waals surface area (Å²) >= 11 is 11.4. The molecule has 0 saturated heterocycles. The highest BCUT2D eigenvalue weighted by atomic mass is 35.5. The van der Waals surface area contributed by atoms with Gasteiger partial charge in [0.1, 0.15) is 11.5 Å². The molecule has 3 rings (SSSR count). The summed E-state index contributed by atoms with van der Waals surface area (Å²) in [6, 6.07) is 5.83. The van der Waals surface area contributed by atoms with Gasteiger partial charge in [0.15, 0.2) is 5.78 Å². The summed E-state index contributed by atoms with van der Waals surface area (Å²) in [7, 11) is 0. The van der Waals surface area contributed by atoms with E-state index < -0.39 is 0 Å². The van der Waals surface area contributed by atoms with E-state index in [4.69, 9.17) is 23.2 Å². The summed E-state index contributed by atoms with van der Waals surface area (Å²) in [5.41, 5.74) is 1.80. The van der Waals surface area contributed by atoms with Gasteiger partial charge in [0.25, 0.3) is 0 Å². The first-order valence-corrected chi connectivity index (χ1v) is 8.39. The molecule has 1 aliphatic rings. The number of carbonyl (C=O) groups excluding carboxylic acids is 1. The summed E-state index contributed by atoms with van der Waals surface area (Å²) in [4.78, 5) is 15.6. The average Bonchev–Trinajstić information content (AvgIpc) is 2.96. The van der Waals surface area contributed by atoms with Crippen molar-refractivity contribution in [2.45, 2.75) is 39.8 Å². The molecule has 2 heterocycles. The fourth-order valence-electron chi connectivity index (χ4n) is 2.53. The highest BCUT2D eigenvalue weighted by Crippen LogP contribution is 2.21. The highest BCUT2D eigenvalue weighted by molar-refractivity contribution is 6.35. The number of benzene rings is 1. The molecule has 0 bridgehead atoms. The molecule has 0 radical (unpaired) electrons. The molecule has 23 heavy (non-hydrogen) atoms. The number of ketones is 1. The van der Waals surface area contributed by atoms with Crippen molar-refractivity contribution >= 4 is 29.0 Å². The van der Waals surface area contributed by atoms with Crippen LogP contribution < -0.4 is 5.32 Å². The first-order valence-electron chi connectivity index (χ1n) is 7.63. The average molecular weight is 354 g/mol. The molecular formula is C17H21Cl2N3O. The van der Waals surface area contributed by atoms with Crippen molar-refractivity contribution in [2.75, 3.05) is 6.54 Å². The van der Waals surface area contributed by atoms with Crippen LogP contribution in [0.15, 0.2) is 24.4 Å². The Labute approximate surface area is 146 Å². The van der Waals surface area contributed by atoms with Gasteiger partial charge in [-0.3, -0.25) is 4.79 Å². The molecule has 0 spiro atoms. The lowest BCUT2D eigenvalue weighted by atomic mass is 10.1. The van der Waals surface area contributed by atoms with Crippen LogP contribution in [0.2, 0.25) is 10.0 Å². The van der Waals surface area contributed by atoms with Crippen molar-refractivity contribution in [2.24, 2.45) is 0 Å². The van der Waals surface area contributed by atoms with Crippen LogP contribution in [0.4, 0.5) is 0 Å². The van der Waals surface area contributed by atoms with E-state index in [1.165, 1.54) is 0 Å². The number of halogens is 2. The maximum absolute atomic E-state index is 11.4. The lowest BCUT2D eigenvalue weighted by Gasteiger charge is -2.26. The predicted octanol–water partition coefficient (Wildman–Crippen LogP) is 4.44. The van der Waals surface area contributed by atoms with Gasteiger partial charge in [-0.25, -0.2) is 4.98 Å². The number of nitrogens with one attached hydrogen (secondary N) is 1. The van der Waals surface area contributed by atoms with Crippen molar-refractivity contribution in [1.82, 2.24) is 14.9 Å². The third kappa shape index (κ3) is 4.34. The largest absolute Gasteiger partial charge is 0.320 e. The number of aryl methyl sites for hydroxylation is 1. The Hall–Kier alpha value is -1.36. The lowest BCUT2D eigenvalue weighted by Crippen LogP contribution is -2.34. The second kappa shape index (κ2) is 7.95. The van der Waals surface area contributed by atoms with Crippen LogP contribution >= 0.6 is 23.2 Å². The van der Waals surface area contributed by atoms with Gasteiger partial charge in [-0.2, -0.15) is 0 Å². The molecule has 1 unspecified atom stereocenters. The Morgan fingerprint density at radius 2 is 2.17 bits per heavy atom. The zero-order valence-electron chi connectivity index (χ0n) is 13.6. The first-order chi connectivity index (χ1) is 10.9. The second-order valence-electron chi connectivity index (χ2n) is 5.57. The molecule has 0 aliphatic carbocycles. The molecule has 1 atom stereocenters. The molecule has 1 aromatic heterocycles. The van der Waals surface area contributed by atoms with E-state index in [-0.39, 0.29) is 5.78 Å². The minimum absolute atomic E-state index is 0.101. The summed E-state index contributed by atoms with van der Waals surface area (Å²) in [6.45, 7) is 7.37. The zero-order valence-corrected chi connectivity index (χ0v) is 15.1. The van der Waals surface area contributed by atoms with E-state index in [1.807, 2.05) is 19.1 Å². The number of Topliss-reactive ketones (excluding diaryl/α,β-unsaturated/α-hetero) is 1. The van der Waals surface area contributed by atoms with E-state index in [9.17, 15) is 4.79 Å². The Bertz CT molecular complexity index is 697. The molecule has 6 heteroatoms. The van der Waals surface area contributed by atoms with Gasteiger partial charge < -0.3 is 9.88 Å². The fraction of sp³-hybridized carbons (Fsp3) is 0.412. The zero-order chi connectivity index (χ0) is 17.0. The molecule has 4 nitrogen and oxygen atoms in total. The second-order valence-corrected chi connectivity index (χ2v) is 6.42. The number of rotatable bonds is 2. The number of imidazole rings is 1. The molecule has 0 fully saturated rings. The maximum Gasteiger partial charge on any atom is 0.177 e. The predicted molar refractivity (Wildman–Crippen MR) is 94.5 cm³/mol. The van der Waals surface area contributed by atoms with Gasteiger partial charge in [-0.15, -0.1) is 0 Å². The number of fused-ring (bicyclic) bond motifs is 1. The summed E-state index contributed by atoms with van der Waals surface area (Å²) in [6.07, 6.45) is 2.71. The topological polar surface area (TPSA) is 46.9 Å². The molecule has 0 saturated carbocycles. The Kier molecular flexibility index (Phi) is 6.22. The van der Waals surface area contributed by atoms with Crippen molar-refractivity contribution < 1.29 is 4.79 Å². The van der Waals surface area contributed by atoms with E-state index in [1.54, 1.807) is 19.2 Å². The third-order valence-corrected chi connectivity index (χ3v) is 4.51. The van der Waals surface area contributed by atoms with Crippen LogP contribution in [0.3, 0.4) is 0 Å². The van der Waals surface area contributed by atoms with Crippen LogP contribution in [0.25, 0.3) is 0 Å². The summed E-state index contributed by atoms with van der Waals surface area (Å²) in [5, 5.41) is 4.71. The maximum atomic E-state index is 11.4. The summed E-state index contributed by atoms with van der Waals surface area (Å²) in [5.74, 6) is 1.08. The smallest absolute Gasteiger partial charge is 0.177 e. The normalized spacial score (nSPS) is 16.3. The van der Waals surface area contributed by atoms with Gasteiger partial charge in [0.2, 0.25) is 0 Å². The number of hydrogen-bond acceptors (Lipinski definition) is 3. The summed E-state index contributed by atoms with van der Waals surface area (Å²) < 4.78 is 2.08. The van der Waals surface area contributed by atoms with Crippen molar-refractivity contribution in [3.8, 4) is 0 Å². The SMILES string of the molecule is CCC1CNCc2ncc(C(C)=O)n21.Cc1ccc(Cl)cc1Cl. The van der Waals surface area contributed by atoms with Crippen LogP contribution in [-0.4, -0.2) is 21.9 Å². The van der Waals surface area contributed by atoms with Gasteiger partial charge in [0.05, 0.1) is 12.7 Å². The van der Waals surface area contributed by atoms with E-state index in [2.05, 4.69) is 21.8 Å². The monoisotopic (exact) mass is 353 g/mol. The van der Waals surface area contributed by atoms with Gasteiger partial charge in [-0.05, 0) is 31.0 Å². The molecule has 0 amide bonds. The van der Waals surface area contributed by atoms with Gasteiger partial charge in [-0.1, -0.05) is 36.2 Å². The Balaban J connectivity index is 0.000000185. The van der Waals surface area contributed by atoms with Gasteiger partial charge in [0, 0.05) is 29.6 Å². The van der Waals surface area contributed by atoms with Crippen molar-refractivity contribution in [3.63, 3.8) is 0 Å². The highest BCUT2D eigenvalue weighted by Gasteiger charge is 2.23. The molecule has 2 aromatic rings. The van der Waals surface area contributed by atoms with Crippen LogP contribution in [0.1, 0.15) is 48.2 Å². The number of carbonyl (C=O) groups is 1. The Morgan fingerprint density at radius 1 is 1.43 bits per heavy atom. The molecule has 1 aliphatic heterocycles. The minimum Gasteiger partial charge on any atom is -0.320 e. The molecule has 124 valence electrons. The minimum atomic E-state index is 0.101. The van der Waals surface area contributed by atoms with Crippen molar-refractivity contribution in [3.05, 3.63) is 51.5 Å².